The first-order chi connectivity index (χ1) is 16.2. The minimum Gasteiger partial charge on any atom is -0.356 e. The number of para-hydroxylation sites is 1. The van der Waals surface area contributed by atoms with Gasteiger partial charge < -0.3 is 10.1 Å². The monoisotopic (exact) mass is 448 g/mol. The number of likely N-dealkylation sites (tertiary alicyclic amines) is 1. The molecule has 2 saturated heterocycles. The molecule has 5 rings (SSSR count). The van der Waals surface area contributed by atoms with Crippen LogP contribution in [0.4, 0.5) is 10.1 Å². The number of ether oxygens (including phenoxy) is 1. The Kier molecular flexibility index (Phi) is 6.51. The van der Waals surface area contributed by atoms with E-state index in [1.165, 1.54) is 0 Å². The van der Waals surface area contributed by atoms with Crippen molar-refractivity contribution >= 4 is 28.6 Å². The van der Waals surface area contributed by atoms with E-state index in [0.29, 0.717) is 13.1 Å². The van der Waals surface area contributed by atoms with Gasteiger partial charge in [-0.3, -0.25) is 9.69 Å². The van der Waals surface area contributed by atoms with Gasteiger partial charge in [0.05, 0.1) is 11.7 Å². The molecule has 3 aromatic rings. The summed E-state index contributed by atoms with van der Waals surface area (Å²) in [6.07, 6.45) is 8.48. The second kappa shape index (κ2) is 9.85. The van der Waals surface area contributed by atoms with E-state index < -0.39 is 6.17 Å². The van der Waals surface area contributed by atoms with E-state index in [2.05, 4.69) is 15.3 Å². The zero-order valence-electron chi connectivity index (χ0n) is 18.6. The fourth-order valence-electron chi connectivity index (χ4n) is 4.48. The van der Waals surface area contributed by atoms with Gasteiger partial charge in [-0.05, 0) is 55.0 Å². The number of aromatic nitrogens is 2. The normalized spacial score (nSPS) is 19.7. The average molecular weight is 449 g/mol. The SMILES string of the molecule is O=C(/C=C/c1ccc2cnn(C3CCCCO3)c2c1)Nc1ccccc1CCN1CC(F)C1. The van der Waals surface area contributed by atoms with Gasteiger partial charge in [-0.2, -0.15) is 5.10 Å². The second-order valence-corrected chi connectivity index (χ2v) is 8.82. The molecule has 0 spiro atoms. The molecule has 1 N–H and O–H groups in total. The molecule has 0 bridgehead atoms. The number of benzene rings is 2. The van der Waals surface area contributed by atoms with Crippen LogP contribution in [0.3, 0.4) is 0 Å². The Balaban J connectivity index is 1.24. The Morgan fingerprint density at radius 2 is 2.09 bits per heavy atom. The van der Waals surface area contributed by atoms with E-state index in [1.807, 2.05) is 59.4 Å². The fraction of sp³-hybridized carbons (Fsp3) is 0.385. The Bertz CT molecular complexity index is 1150. The van der Waals surface area contributed by atoms with E-state index in [0.717, 1.165) is 66.6 Å². The molecule has 2 fully saturated rings. The van der Waals surface area contributed by atoms with Crippen LogP contribution in [0.1, 0.15) is 36.6 Å². The Labute approximate surface area is 193 Å². The van der Waals surface area contributed by atoms with Crippen molar-refractivity contribution in [2.45, 2.75) is 38.1 Å². The van der Waals surface area contributed by atoms with Crippen LogP contribution < -0.4 is 5.32 Å². The molecule has 1 aromatic heterocycles. The van der Waals surface area contributed by atoms with Gasteiger partial charge in [-0.25, -0.2) is 9.07 Å². The largest absolute Gasteiger partial charge is 0.356 e. The molecular formula is C26H29FN4O2. The average Bonchev–Trinajstić information content (AvgIpc) is 3.24. The van der Waals surface area contributed by atoms with Crippen LogP contribution in [0, 0.1) is 0 Å². The Hall–Kier alpha value is -3.03. The minimum atomic E-state index is -0.696. The second-order valence-electron chi connectivity index (χ2n) is 8.82. The van der Waals surface area contributed by atoms with E-state index >= 15 is 0 Å². The Morgan fingerprint density at radius 3 is 2.91 bits per heavy atom. The van der Waals surface area contributed by atoms with Crippen LogP contribution in [-0.4, -0.2) is 53.0 Å². The number of fused-ring (bicyclic) bond motifs is 1. The highest BCUT2D eigenvalue weighted by Gasteiger charge is 2.25. The predicted molar refractivity (Wildman–Crippen MR) is 128 cm³/mol. The number of carbonyl (C=O) groups is 1. The molecule has 7 heteroatoms. The summed E-state index contributed by atoms with van der Waals surface area (Å²) >= 11 is 0. The molecule has 2 aromatic carbocycles. The topological polar surface area (TPSA) is 59.4 Å². The third kappa shape index (κ3) is 5.15. The minimum absolute atomic E-state index is 0.0256. The molecule has 2 aliphatic rings. The summed E-state index contributed by atoms with van der Waals surface area (Å²) < 4.78 is 20.9. The van der Waals surface area contributed by atoms with Crippen LogP contribution >= 0.6 is 0 Å². The maximum absolute atomic E-state index is 13.0. The number of anilines is 1. The predicted octanol–water partition coefficient (Wildman–Crippen LogP) is 4.58. The maximum Gasteiger partial charge on any atom is 0.248 e. The molecule has 0 saturated carbocycles. The molecule has 33 heavy (non-hydrogen) atoms. The van der Waals surface area contributed by atoms with E-state index in [1.54, 1.807) is 6.08 Å². The molecule has 0 aliphatic carbocycles. The molecule has 0 radical (unpaired) electrons. The van der Waals surface area contributed by atoms with Crippen LogP contribution in [0.2, 0.25) is 0 Å². The van der Waals surface area contributed by atoms with Gasteiger partial charge in [-0.1, -0.05) is 30.3 Å². The van der Waals surface area contributed by atoms with Crippen LogP contribution in [0.15, 0.2) is 54.7 Å². The van der Waals surface area contributed by atoms with Gasteiger partial charge in [-0.15, -0.1) is 0 Å². The molecule has 2 aliphatic heterocycles. The smallest absolute Gasteiger partial charge is 0.248 e. The van der Waals surface area contributed by atoms with Crippen LogP contribution in [-0.2, 0) is 16.0 Å². The van der Waals surface area contributed by atoms with Crippen molar-refractivity contribution in [1.29, 1.82) is 0 Å². The van der Waals surface area contributed by atoms with Gasteiger partial charge in [0, 0.05) is 43.4 Å². The summed E-state index contributed by atoms with van der Waals surface area (Å²) in [4.78, 5) is 14.7. The van der Waals surface area contributed by atoms with Crippen LogP contribution in [0.5, 0.6) is 0 Å². The van der Waals surface area contributed by atoms with E-state index in [9.17, 15) is 9.18 Å². The number of alkyl halides is 1. The van der Waals surface area contributed by atoms with Crippen molar-refractivity contribution in [2.24, 2.45) is 0 Å². The number of hydrogen-bond acceptors (Lipinski definition) is 4. The number of amides is 1. The number of halogens is 1. The maximum atomic E-state index is 13.0. The fourth-order valence-corrected chi connectivity index (χ4v) is 4.48. The third-order valence-corrected chi connectivity index (χ3v) is 6.36. The number of nitrogens with zero attached hydrogens (tertiary/aromatic N) is 3. The number of carbonyl (C=O) groups excluding carboxylic acids is 1. The standard InChI is InChI=1S/C26H29FN4O2/c27-22-17-30(18-22)13-12-20-5-1-2-6-23(20)29-25(32)11-9-19-8-10-21-16-28-31(24(21)15-19)26-7-3-4-14-33-26/h1-2,5-6,8-11,15-16,22,26H,3-4,7,12-14,17-18H2,(H,29,32)/b11-9+. The van der Waals surface area contributed by atoms with Gasteiger partial charge >= 0.3 is 0 Å². The first-order valence-electron chi connectivity index (χ1n) is 11.7. The lowest BCUT2D eigenvalue weighted by Gasteiger charge is -2.34. The van der Waals surface area contributed by atoms with Gasteiger partial charge in [0.15, 0.2) is 6.23 Å². The highest BCUT2D eigenvalue weighted by Crippen LogP contribution is 2.27. The Morgan fingerprint density at radius 1 is 1.21 bits per heavy atom. The first-order valence-corrected chi connectivity index (χ1v) is 11.7. The first kappa shape index (κ1) is 21.8. The zero-order chi connectivity index (χ0) is 22.6. The summed E-state index contributed by atoms with van der Waals surface area (Å²) in [6.45, 7) is 2.57. The quantitative estimate of drug-likeness (QED) is 0.538. The van der Waals surface area contributed by atoms with E-state index in [-0.39, 0.29) is 12.1 Å². The molecule has 3 heterocycles. The highest BCUT2D eigenvalue weighted by atomic mass is 19.1. The zero-order valence-corrected chi connectivity index (χ0v) is 18.6. The molecular weight excluding hydrogens is 419 g/mol. The summed E-state index contributed by atoms with van der Waals surface area (Å²) in [5, 5.41) is 8.57. The van der Waals surface area contributed by atoms with Gasteiger partial charge in [0.25, 0.3) is 0 Å². The number of hydrogen-bond donors (Lipinski definition) is 1. The van der Waals surface area contributed by atoms with Crippen LogP contribution in [0.25, 0.3) is 17.0 Å². The van der Waals surface area contributed by atoms with Gasteiger partial charge in [0.2, 0.25) is 5.91 Å². The lowest BCUT2D eigenvalue weighted by Crippen LogP contribution is -2.48. The van der Waals surface area contributed by atoms with Crippen molar-refractivity contribution in [2.75, 3.05) is 31.6 Å². The summed E-state index contributed by atoms with van der Waals surface area (Å²) in [7, 11) is 0. The van der Waals surface area contributed by atoms with Crippen molar-refractivity contribution in [3.63, 3.8) is 0 Å². The lowest BCUT2D eigenvalue weighted by atomic mass is 10.1. The van der Waals surface area contributed by atoms with Gasteiger partial charge in [0.1, 0.15) is 6.17 Å². The number of rotatable bonds is 7. The molecule has 1 atom stereocenters. The molecule has 1 amide bonds. The summed E-state index contributed by atoms with van der Waals surface area (Å²) in [5.74, 6) is -0.181. The van der Waals surface area contributed by atoms with Crippen molar-refractivity contribution < 1.29 is 13.9 Å². The van der Waals surface area contributed by atoms with Crippen molar-refractivity contribution in [3.05, 3.63) is 65.9 Å². The summed E-state index contributed by atoms with van der Waals surface area (Å²) in [5.41, 5.74) is 3.80. The summed E-state index contributed by atoms with van der Waals surface area (Å²) in [6, 6.07) is 13.8. The lowest BCUT2D eigenvalue weighted by molar-refractivity contribution is -0.111. The molecule has 172 valence electrons. The van der Waals surface area contributed by atoms with E-state index in [4.69, 9.17) is 4.74 Å². The molecule has 1 unspecified atom stereocenters. The highest BCUT2D eigenvalue weighted by molar-refractivity contribution is 6.02. The van der Waals surface area contributed by atoms with Crippen molar-refractivity contribution in [1.82, 2.24) is 14.7 Å². The van der Waals surface area contributed by atoms with Crippen molar-refractivity contribution in [3.8, 4) is 0 Å². The molecule has 6 nitrogen and oxygen atoms in total. The number of nitrogens with one attached hydrogen (secondary N) is 1. The third-order valence-electron chi connectivity index (χ3n) is 6.36.